The van der Waals surface area contributed by atoms with Gasteiger partial charge in [0, 0.05) is 23.7 Å². The molecule has 4 heteroatoms. The molecule has 1 aromatic rings. The first-order valence-corrected chi connectivity index (χ1v) is 7.30. The van der Waals surface area contributed by atoms with Gasteiger partial charge in [-0.3, -0.25) is 0 Å². The molecule has 3 nitrogen and oxygen atoms in total. The molecule has 0 radical (unpaired) electrons. The van der Waals surface area contributed by atoms with Crippen molar-refractivity contribution in [1.82, 2.24) is 0 Å². The molecule has 100 valence electrons. The maximum Gasteiger partial charge on any atom is 0.119 e. The summed E-state index contributed by atoms with van der Waals surface area (Å²) in [6.45, 7) is 3.65. The molecular formula is C14H21NO2S. The fourth-order valence-electron chi connectivity index (χ4n) is 2.21. The summed E-state index contributed by atoms with van der Waals surface area (Å²) in [5.41, 5.74) is 7.15. The largest absolute Gasteiger partial charge is 0.497 e. The number of ether oxygens (including phenoxy) is 2. The van der Waals surface area contributed by atoms with E-state index in [9.17, 15) is 0 Å². The molecule has 1 fully saturated rings. The summed E-state index contributed by atoms with van der Waals surface area (Å²) in [5, 5.41) is 0.860. The molecule has 3 atom stereocenters. The lowest BCUT2D eigenvalue weighted by atomic mass is 10.1. The van der Waals surface area contributed by atoms with Crippen molar-refractivity contribution in [2.75, 3.05) is 20.3 Å². The molecule has 3 unspecified atom stereocenters. The van der Waals surface area contributed by atoms with Crippen molar-refractivity contribution >= 4 is 11.8 Å². The number of nitrogens with two attached hydrogens (primary N) is 1. The van der Waals surface area contributed by atoms with Crippen LogP contribution in [0.3, 0.4) is 0 Å². The molecule has 2 rings (SSSR count). The number of rotatable bonds is 5. The van der Waals surface area contributed by atoms with Gasteiger partial charge in [-0.25, -0.2) is 0 Å². The van der Waals surface area contributed by atoms with Crippen LogP contribution in [0.4, 0.5) is 0 Å². The van der Waals surface area contributed by atoms with Crippen molar-refractivity contribution < 1.29 is 9.47 Å². The smallest absolute Gasteiger partial charge is 0.119 e. The molecule has 0 amide bonds. The monoisotopic (exact) mass is 267 g/mol. The normalized spacial score (nSPS) is 25.1. The summed E-state index contributed by atoms with van der Waals surface area (Å²) in [6.07, 6.45) is 1.45. The lowest BCUT2D eigenvalue weighted by Crippen LogP contribution is -2.19. The Hall–Kier alpha value is -0.710. The molecule has 1 aromatic carbocycles. The average Bonchev–Trinajstić information content (AvgIpc) is 2.81. The van der Waals surface area contributed by atoms with Gasteiger partial charge in [0.25, 0.3) is 0 Å². The van der Waals surface area contributed by atoms with Crippen molar-refractivity contribution in [3.8, 4) is 5.75 Å². The summed E-state index contributed by atoms with van der Waals surface area (Å²) in [5.74, 6) is 0.891. The first-order chi connectivity index (χ1) is 8.74. The number of benzene rings is 1. The summed E-state index contributed by atoms with van der Waals surface area (Å²) < 4.78 is 10.9. The minimum absolute atomic E-state index is 0.314. The van der Waals surface area contributed by atoms with Gasteiger partial charge in [-0.15, -0.1) is 11.8 Å². The van der Waals surface area contributed by atoms with Gasteiger partial charge in [0.2, 0.25) is 0 Å². The van der Waals surface area contributed by atoms with Gasteiger partial charge >= 0.3 is 0 Å². The molecule has 1 saturated heterocycles. The van der Waals surface area contributed by atoms with E-state index in [-0.39, 0.29) is 0 Å². The Labute approximate surface area is 113 Å². The fourth-order valence-corrected chi connectivity index (χ4v) is 3.58. The van der Waals surface area contributed by atoms with E-state index in [0.29, 0.717) is 23.1 Å². The highest BCUT2D eigenvalue weighted by Gasteiger charge is 2.27. The minimum atomic E-state index is 0.314. The molecule has 0 bridgehead atoms. The molecule has 0 aromatic heterocycles. The van der Waals surface area contributed by atoms with Gasteiger partial charge in [-0.05, 0) is 31.0 Å². The highest BCUT2D eigenvalue weighted by atomic mass is 32.2. The zero-order valence-electron chi connectivity index (χ0n) is 11.0. The van der Waals surface area contributed by atoms with E-state index < -0.39 is 0 Å². The standard InChI is InChI=1S/C14H21NO2S/c1-10-13(6-7-17-10)18-14(9-15)11-4-3-5-12(8-11)16-2/h3-5,8,10,13-14H,6-7,9,15H2,1-2H3. The topological polar surface area (TPSA) is 44.5 Å². The Morgan fingerprint density at radius 3 is 3.00 bits per heavy atom. The second kappa shape index (κ2) is 6.45. The SMILES string of the molecule is COc1cccc(C(CN)SC2CCOC2C)c1. The second-order valence-corrected chi connectivity index (χ2v) is 5.99. The summed E-state index contributed by atoms with van der Waals surface area (Å²) in [6, 6.07) is 8.17. The second-order valence-electron chi connectivity index (χ2n) is 4.54. The average molecular weight is 267 g/mol. The zero-order valence-corrected chi connectivity index (χ0v) is 11.8. The van der Waals surface area contributed by atoms with Gasteiger partial charge in [-0.2, -0.15) is 0 Å². The van der Waals surface area contributed by atoms with Crippen molar-refractivity contribution in [1.29, 1.82) is 0 Å². The summed E-state index contributed by atoms with van der Waals surface area (Å²) in [7, 11) is 1.69. The van der Waals surface area contributed by atoms with Crippen LogP contribution in [0, 0.1) is 0 Å². The van der Waals surface area contributed by atoms with Gasteiger partial charge in [-0.1, -0.05) is 12.1 Å². The van der Waals surface area contributed by atoms with E-state index in [2.05, 4.69) is 19.1 Å². The Kier molecular flexibility index (Phi) is 4.92. The molecular weight excluding hydrogens is 246 g/mol. The number of thioether (sulfide) groups is 1. The third-order valence-corrected chi connectivity index (χ3v) is 5.09. The highest BCUT2D eigenvalue weighted by Crippen LogP contribution is 2.38. The molecule has 0 aliphatic carbocycles. The van der Waals surface area contributed by atoms with Crippen molar-refractivity contribution in [2.24, 2.45) is 5.73 Å². The molecule has 2 N–H and O–H groups in total. The fraction of sp³-hybridized carbons (Fsp3) is 0.571. The minimum Gasteiger partial charge on any atom is -0.497 e. The van der Waals surface area contributed by atoms with Crippen LogP contribution in [0.25, 0.3) is 0 Å². The maximum atomic E-state index is 5.92. The molecule has 0 saturated carbocycles. The first-order valence-electron chi connectivity index (χ1n) is 6.35. The third kappa shape index (κ3) is 3.19. The van der Waals surface area contributed by atoms with Crippen LogP contribution >= 0.6 is 11.8 Å². The van der Waals surface area contributed by atoms with E-state index in [1.165, 1.54) is 5.56 Å². The van der Waals surface area contributed by atoms with E-state index in [0.717, 1.165) is 18.8 Å². The van der Waals surface area contributed by atoms with Crippen LogP contribution in [-0.2, 0) is 4.74 Å². The Bertz CT molecular complexity index is 386. The molecule has 0 spiro atoms. The van der Waals surface area contributed by atoms with Crippen molar-refractivity contribution in [2.45, 2.75) is 29.9 Å². The zero-order chi connectivity index (χ0) is 13.0. The summed E-state index contributed by atoms with van der Waals surface area (Å²) >= 11 is 1.93. The quantitative estimate of drug-likeness (QED) is 0.890. The van der Waals surface area contributed by atoms with Gasteiger partial charge in [0.1, 0.15) is 5.75 Å². The Morgan fingerprint density at radius 2 is 2.39 bits per heavy atom. The third-order valence-electron chi connectivity index (χ3n) is 3.33. The van der Waals surface area contributed by atoms with E-state index >= 15 is 0 Å². The Morgan fingerprint density at radius 1 is 1.56 bits per heavy atom. The lowest BCUT2D eigenvalue weighted by molar-refractivity contribution is 0.127. The van der Waals surface area contributed by atoms with Crippen molar-refractivity contribution in [3.05, 3.63) is 29.8 Å². The van der Waals surface area contributed by atoms with Gasteiger partial charge in [0.15, 0.2) is 0 Å². The van der Waals surface area contributed by atoms with Crippen LogP contribution in [0.2, 0.25) is 0 Å². The van der Waals surface area contributed by atoms with E-state index in [1.807, 2.05) is 23.9 Å². The van der Waals surface area contributed by atoms with Crippen LogP contribution in [0.5, 0.6) is 5.75 Å². The summed E-state index contributed by atoms with van der Waals surface area (Å²) in [4.78, 5) is 0. The predicted molar refractivity (Wildman–Crippen MR) is 76.2 cm³/mol. The molecule has 18 heavy (non-hydrogen) atoms. The molecule has 1 aliphatic rings. The maximum absolute atomic E-state index is 5.92. The first kappa shape index (κ1) is 13.7. The number of methoxy groups -OCH3 is 1. The highest BCUT2D eigenvalue weighted by molar-refractivity contribution is 8.00. The van der Waals surface area contributed by atoms with Crippen LogP contribution < -0.4 is 10.5 Å². The molecule has 1 heterocycles. The number of hydrogen-bond donors (Lipinski definition) is 1. The van der Waals surface area contributed by atoms with Crippen LogP contribution in [-0.4, -0.2) is 31.6 Å². The number of hydrogen-bond acceptors (Lipinski definition) is 4. The van der Waals surface area contributed by atoms with Crippen LogP contribution in [0.1, 0.15) is 24.2 Å². The van der Waals surface area contributed by atoms with Gasteiger partial charge in [0.05, 0.1) is 13.2 Å². The van der Waals surface area contributed by atoms with Crippen molar-refractivity contribution in [3.63, 3.8) is 0 Å². The Balaban J connectivity index is 2.07. The predicted octanol–water partition coefficient (Wildman–Crippen LogP) is 2.61. The van der Waals surface area contributed by atoms with E-state index in [4.69, 9.17) is 15.2 Å². The molecule has 1 aliphatic heterocycles. The van der Waals surface area contributed by atoms with Crippen LogP contribution in [0.15, 0.2) is 24.3 Å². The lowest BCUT2D eigenvalue weighted by Gasteiger charge is -2.21. The van der Waals surface area contributed by atoms with Gasteiger partial charge < -0.3 is 15.2 Å². The van der Waals surface area contributed by atoms with E-state index in [1.54, 1.807) is 7.11 Å².